The Morgan fingerprint density at radius 1 is 1.07 bits per heavy atom. The second kappa shape index (κ2) is 8.04. The van der Waals surface area contributed by atoms with E-state index in [0.717, 1.165) is 43.4 Å². The molecule has 3 rings (SSSR count). The number of carbonyl (C=O) groups is 1. The summed E-state index contributed by atoms with van der Waals surface area (Å²) < 4.78 is 5.49. The van der Waals surface area contributed by atoms with Crippen LogP contribution in [0.15, 0.2) is 30.3 Å². The van der Waals surface area contributed by atoms with E-state index in [1.807, 2.05) is 45.9 Å². The third-order valence-corrected chi connectivity index (χ3v) is 4.58. The lowest BCUT2D eigenvalue weighted by atomic mass is 10.1. The van der Waals surface area contributed by atoms with Gasteiger partial charge in [0.15, 0.2) is 0 Å². The van der Waals surface area contributed by atoms with Crippen molar-refractivity contribution in [2.45, 2.75) is 33.2 Å². The Labute approximate surface area is 166 Å². The molecule has 150 valence electrons. The molecule has 0 bridgehead atoms. The van der Waals surface area contributed by atoms with Crippen molar-refractivity contribution in [3.63, 3.8) is 0 Å². The fraction of sp³-hybridized carbons (Fsp3) is 0.476. The number of carbonyl (C=O) groups excluding carboxylic acids is 1. The number of piperazine rings is 1. The molecule has 1 aromatic carbocycles. The van der Waals surface area contributed by atoms with Gasteiger partial charge in [-0.05, 0) is 39.8 Å². The average molecular weight is 383 g/mol. The zero-order valence-corrected chi connectivity index (χ0v) is 17.3. The highest BCUT2D eigenvalue weighted by Gasteiger charge is 2.23. The van der Waals surface area contributed by atoms with Gasteiger partial charge in [0.2, 0.25) is 0 Å². The normalized spacial score (nSPS) is 14.8. The van der Waals surface area contributed by atoms with E-state index < -0.39 is 0 Å². The Balaban J connectivity index is 1.73. The van der Waals surface area contributed by atoms with E-state index in [1.54, 1.807) is 13.2 Å². The Kier molecular flexibility index (Phi) is 5.72. The number of anilines is 2. The molecule has 0 unspecified atom stereocenters. The van der Waals surface area contributed by atoms with Gasteiger partial charge in [-0.3, -0.25) is 4.79 Å². The highest BCUT2D eigenvalue weighted by molar-refractivity contribution is 5.93. The van der Waals surface area contributed by atoms with Crippen LogP contribution in [0.25, 0.3) is 0 Å². The lowest BCUT2D eigenvalue weighted by molar-refractivity contribution is 0.0914. The minimum Gasteiger partial charge on any atom is -0.495 e. The highest BCUT2D eigenvalue weighted by Crippen LogP contribution is 2.29. The number of nitrogens with zero attached hydrogens (tertiary/aromatic N) is 4. The molecule has 7 heteroatoms. The number of methoxy groups -OCH3 is 1. The van der Waals surface area contributed by atoms with E-state index in [0.29, 0.717) is 11.5 Å². The van der Waals surface area contributed by atoms with Crippen molar-refractivity contribution < 1.29 is 9.53 Å². The number of benzene rings is 1. The van der Waals surface area contributed by atoms with Crippen LogP contribution in [0, 0.1) is 6.92 Å². The van der Waals surface area contributed by atoms with E-state index in [4.69, 9.17) is 4.74 Å². The van der Waals surface area contributed by atoms with Crippen molar-refractivity contribution in [1.29, 1.82) is 0 Å². The maximum absolute atomic E-state index is 12.5. The molecule has 0 radical (unpaired) electrons. The van der Waals surface area contributed by atoms with Crippen molar-refractivity contribution in [3.05, 3.63) is 41.9 Å². The van der Waals surface area contributed by atoms with Gasteiger partial charge in [-0.2, -0.15) is 0 Å². The zero-order chi connectivity index (χ0) is 20.3. The molecule has 1 aromatic heterocycles. The number of para-hydroxylation sites is 2. The van der Waals surface area contributed by atoms with Crippen LogP contribution in [0.3, 0.4) is 0 Å². The van der Waals surface area contributed by atoms with Gasteiger partial charge < -0.3 is 19.9 Å². The van der Waals surface area contributed by atoms with Crippen LogP contribution < -0.4 is 19.9 Å². The average Bonchev–Trinajstić information content (AvgIpc) is 2.66. The summed E-state index contributed by atoms with van der Waals surface area (Å²) >= 11 is 0. The molecule has 28 heavy (non-hydrogen) atoms. The monoisotopic (exact) mass is 383 g/mol. The van der Waals surface area contributed by atoms with Crippen molar-refractivity contribution >= 4 is 17.4 Å². The van der Waals surface area contributed by atoms with Gasteiger partial charge in [0.05, 0.1) is 12.8 Å². The minimum atomic E-state index is -0.309. The van der Waals surface area contributed by atoms with Crippen LogP contribution >= 0.6 is 0 Å². The number of ether oxygens (including phenoxy) is 1. The molecular weight excluding hydrogens is 354 g/mol. The first-order chi connectivity index (χ1) is 13.3. The Bertz CT molecular complexity index is 839. The number of hydrogen-bond acceptors (Lipinski definition) is 6. The van der Waals surface area contributed by atoms with Crippen molar-refractivity contribution in [2.75, 3.05) is 43.1 Å². The molecule has 7 nitrogen and oxygen atoms in total. The molecule has 1 fully saturated rings. The lowest BCUT2D eigenvalue weighted by Gasteiger charge is -2.37. The molecule has 0 aliphatic carbocycles. The fourth-order valence-electron chi connectivity index (χ4n) is 3.30. The molecule has 1 aliphatic rings. The Morgan fingerprint density at radius 2 is 1.71 bits per heavy atom. The highest BCUT2D eigenvalue weighted by atomic mass is 16.5. The van der Waals surface area contributed by atoms with Gasteiger partial charge in [0, 0.05) is 37.8 Å². The summed E-state index contributed by atoms with van der Waals surface area (Å²) in [6.07, 6.45) is 0. The smallest absolute Gasteiger partial charge is 0.270 e. The van der Waals surface area contributed by atoms with Crippen LogP contribution in [0.5, 0.6) is 5.75 Å². The molecule has 1 aliphatic heterocycles. The summed E-state index contributed by atoms with van der Waals surface area (Å²) in [7, 11) is 1.70. The first-order valence-corrected chi connectivity index (χ1v) is 9.58. The SMILES string of the molecule is COc1ccccc1N1CCN(c2cc(C(=O)NC(C)(C)C)nc(C)n2)CC1. The first kappa shape index (κ1) is 19.9. The quantitative estimate of drug-likeness (QED) is 0.875. The minimum absolute atomic E-state index is 0.174. The number of hydrogen-bond donors (Lipinski definition) is 1. The van der Waals surface area contributed by atoms with Crippen molar-refractivity contribution in [2.24, 2.45) is 0 Å². The van der Waals surface area contributed by atoms with Crippen molar-refractivity contribution in [1.82, 2.24) is 15.3 Å². The van der Waals surface area contributed by atoms with E-state index in [-0.39, 0.29) is 11.4 Å². The number of aromatic nitrogens is 2. The van der Waals surface area contributed by atoms with Crippen molar-refractivity contribution in [3.8, 4) is 5.75 Å². The van der Waals surface area contributed by atoms with Crippen LogP contribution in [0.4, 0.5) is 11.5 Å². The lowest BCUT2D eigenvalue weighted by Crippen LogP contribution is -2.47. The summed E-state index contributed by atoms with van der Waals surface area (Å²) in [6.45, 7) is 11.0. The van der Waals surface area contributed by atoms with Crippen LogP contribution in [-0.2, 0) is 0 Å². The second-order valence-electron chi connectivity index (χ2n) is 8.01. The molecule has 0 spiro atoms. The predicted octanol–water partition coefficient (Wildman–Crippen LogP) is 2.65. The Morgan fingerprint density at radius 3 is 2.36 bits per heavy atom. The molecular formula is C21H29N5O2. The molecule has 1 saturated heterocycles. The Hall–Kier alpha value is -2.83. The summed E-state index contributed by atoms with van der Waals surface area (Å²) in [5.74, 6) is 2.11. The van der Waals surface area contributed by atoms with E-state index in [9.17, 15) is 4.79 Å². The summed E-state index contributed by atoms with van der Waals surface area (Å²) in [5.41, 5.74) is 1.20. The van der Waals surface area contributed by atoms with Gasteiger partial charge in [-0.25, -0.2) is 9.97 Å². The zero-order valence-electron chi connectivity index (χ0n) is 17.3. The topological polar surface area (TPSA) is 70.6 Å². The van der Waals surface area contributed by atoms with Crippen LogP contribution in [0.2, 0.25) is 0 Å². The van der Waals surface area contributed by atoms with Gasteiger partial charge in [-0.15, -0.1) is 0 Å². The van der Waals surface area contributed by atoms with Gasteiger partial charge >= 0.3 is 0 Å². The summed E-state index contributed by atoms with van der Waals surface area (Å²) in [4.78, 5) is 25.9. The summed E-state index contributed by atoms with van der Waals surface area (Å²) in [5, 5.41) is 2.96. The maximum atomic E-state index is 12.5. The molecule has 0 atom stereocenters. The number of aryl methyl sites for hydroxylation is 1. The third-order valence-electron chi connectivity index (χ3n) is 4.58. The largest absolute Gasteiger partial charge is 0.495 e. The molecule has 1 amide bonds. The van der Waals surface area contributed by atoms with Gasteiger partial charge in [-0.1, -0.05) is 12.1 Å². The molecule has 2 aromatic rings. The van der Waals surface area contributed by atoms with Gasteiger partial charge in [0.25, 0.3) is 5.91 Å². The number of amides is 1. The molecule has 0 saturated carbocycles. The van der Waals surface area contributed by atoms with Crippen LogP contribution in [-0.4, -0.2) is 54.7 Å². The molecule has 1 N–H and O–H groups in total. The third kappa shape index (κ3) is 4.71. The maximum Gasteiger partial charge on any atom is 0.270 e. The second-order valence-corrected chi connectivity index (χ2v) is 8.01. The number of nitrogens with one attached hydrogen (secondary N) is 1. The predicted molar refractivity (Wildman–Crippen MR) is 111 cm³/mol. The first-order valence-electron chi connectivity index (χ1n) is 9.58. The van der Waals surface area contributed by atoms with Crippen LogP contribution in [0.1, 0.15) is 37.1 Å². The standard InChI is InChI=1S/C21H29N5O2/c1-15-22-16(20(27)24-21(2,3)4)14-19(23-15)26-12-10-25(11-13-26)17-8-6-7-9-18(17)28-5/h6-9,14H,10-13H2,1-5H3,(H,24,27). The van der Waals surface area contributed by atoms with E-state index in [1.165, 1.54) is 0 Å². The fourth-order valence-corrected chi connectivity index (χ4v) is 3.30. The van der Waals surface area contributed by atoms with E-state index in [2.05, 4.69) is 31.2 Å². The van der Waals surface area contributed by atoms with Gasteiger partial charge in [0.1, 0.15) is 23.1 Å². The molecule has 2 heterocycles. The summed E-state index contributed by atoms with van der Waals surface area (Å²) in [6, 6.07) is 9.85. The van der Waals surface area contributed by atoms with E-state index >= 15 is 0 Å². The number of rotatable bonds is 4.